The van der Waals surface area contributed by atoms with Crippen LogP contribution in [-0.4, -0.2) is 28.0 Å². The lowest BCUT2D eigenvalue weighted by atomic mass is 10.1. The van der Waals surface area contributed by atoms with Gasteiger partial charge in [0, 0.05) is 30.5 Å². The van der Waals surface area contributed by atoms with Crippen molar-refractivity contribution in [3.63, 3.8) is 0 Å². The van der Waals surface area contributed by atoms with E-state index in [9.17, 15) is 0 Å². The molecule has 3 rings (SSSR count). The molecule has 0 spiro atoms. The molecule has 1 aliphatic rings. The van der Waals surface area contributed by atoms with Crippen molar-refractivity contribution in [2.24, 2.45) is 0 Å². The molecule has 1 aliphatic carbocycles. The topological polar surface area (TPSA) is 41.9 Å². The van der Waals surface area contributed by atoms with Gasteiger partial charge in [0.15, 0.2) is 5.82 Å². The Morgan fingerprint density at radius 2 is 1.95 bits per heavy atom. The minimum absolute atomic E-state index is 0.524. The monoisotopic (exact) mass is 296 g/mol. The van der Waals surface area contributed by atoms with Gasteiger partial charge in [0.1, 0.15) is 11.5 Å². The van der Waals surface area contributed by atoms with E-state index in [1.165, 1.54) is 17.7 Å². The van der Waals surface area contributed by atoms with E-state index in [1.807, 2.05) is 18.2 Å². The molecule has 116 valence electrons. The minimum atomic E-state index is 0.524. The Bertz CT molecular complexity index is 635. The first kappa shape index (κ1) is 14.9. The van der Waals surface area contributed by atoms with Gasteiger partial charge in [-0.05, 0) is 44.2 Å². The van der Waals surface area contributed by atoms with Crippen LogP contribution in [-0.2, 0) is 12.8 Å². The largest absolute Gasteiger partial charge is 0.356 e. The van der Waals surface area contributed by atoms with Crippen LogP contribution in [0.25, 0.3) is 11.5 Å². The Kier molecular flexibility index (Phi) is 4.36. The van der Waals surface area contributed by atoms with Gasteiger partial charge in [-0.2, -0.15) is 0 Å². The van der Waals surface area contributed by atoms with Crippen molar-refractivity contribution in [3.8, 4) is 11.5 Å². The van der Waals surface area contributed by atoms with E-state index in [-0.39, 0.29) is 0 Å². The maximum atomic E-state index is 4.88. The predicted octanol–water partition coefficient (Wildman–Crippen LogP) is 3.65. The third-order valence-corrected chi connectivity index (χ3v) is 4.63. The van der Waals surface area contributed by atoms with Gasteiger partial charge < -0.3 is 4.90 Å². The zero-order valence-corrected chi connectivity index (χ0v) is 13.7. The van der Waals surface area contributed by atoms with Crippen LogP contribution >= 0.6 is 0 Å². The molecule has 0 radical (unpaired) electrons. The zero-order chi connectivity index (χ0) is 15.5. The summed E-state index contributed by atoms with van der Waals surface area (Å²) in [5, 5.41) is 0. The van der Waals surface area contributed by atoms with Crippen molar-refractivity contribution in [2.45, 2.75) is 52.0 Å². The summed E-state index contributed by atoms with van der Waals surface area (Å²) in [6, 6.07) is 6.42. The lowest BCUT2D eigenvalue weighted by Crippen LogP contribution is -2.32. The Balaban J connectivity index is 2.07. The Hall–Kier alpha value is -1.97. The van der Waals surface area contributed by atoms with Gasteiger partial charge in [-0.3, -0.25) is 4.98 Å². The molecule has 4 heteroatoms. The van der Waals surface area contributed by atoms with Crippen molar-refractivity contribution in [3.05, 3.63) is 35.7 Å². The molecule has 22 heavy (non-hydrogen) atoms. The van der Waals surface area contributed by atoms with E-state index >= 15 is 0 Å². The number of anilines is 1. The van der Waals surface area contributed by atoms with Gasteiger partial charge >= 0.3 is 0 Å². The predicted molar refractivity (Wildman–Crippen MR) is 90.1 cm³/mol. The van der Waals surface area contributed by atoms with E-state index in [4.69, 9.17) is 9.97 Å². The summed E-state index contributed by atoms with van der Waals surface area (Å²) in [4.78, 5) is 16.4. The second kappa shape index (κ2) is 6.42. The van der Waals surface area contributed by atoms with Crippen LogP contribution in [0.4, 0.5) is 5.82 Å². The molecular formula is C18H24N4. The highest BCUT2D eigenvalue weighted by Gasteiger charge is 2.24. The molecule has 0 saturated carbocycles. The van der Waals surface area contributed by atoms with Crippen molar-refractivity contribution in [1.29, 1.82) is 0 Å². The number of hydrogen-bond donors (Lipinski definition) is 0. The number of fused-ring (bicyclic) bond motifs is 1. The molecule has 2 heterocycles. The molecule has 0 amide bonds. The summed E-state index contributed by atoms with van der Waals surface area (Å²) in [6.45, 7) is 4.48. The molecule has 0 aliphatic heterocycles. The first-order chi connectivity index (χ1) is 10.7. The van der Waals surface area contributed by atoms with Crippen LogP contribution in [0.5, 0.6) is 0 Å². The molecule has 0 fully saturated rings. The average Bonchev–Trinajstić information content (AvgIpc) is 3.04. The minimum Gasteiger partial charge on any atom is -0.356 e. The number of hydrogen-bond acceptors (Lipinski definition) is 4. The van der Waals surface area contributed by atoms with Crippen LogP contribution in [0, 0.1) is 0 Å². The van der Waals surface area contributed by atoms with E-state index in [0.29, 0.717) is 6.04 Å². The molecule has 0 aromatic carbocycles. The van der Waals surface area contributed by atoms with Gasteiger partial charge in [-0.25, -0.2) is 9.97 Å². The van der Waals surface area contributed by atoms with Crippen molar-refractivity contribution < 1.29 is 0 Å². The van der Waals surface area contributed by atoms with Crippen LogP contribution in [0.3, 0.4) is 0 Å². The summed E-state index contributed by atoms with van der Waals surface area (Å²) in [5.41, 5.74) is 3.41. The zero-order valence-electron chi connectivity index (χ0n) is 13.7. The summed E-state index contributed by atoms with van der Waals surface area (Å²) >= 11 is 0. The molecule has 0 saturated heterocycles. The highest BCUT2D eigenvalue weighted by molar-refractivity contribution is 5.59. The molecular weight excluding hydrogens is 272 g/mol. The van der Waals surface area contributed by atoms with Gasteiger partial charge in [-0.1, -0.05) is 19.9 Å². The van der Waals surface area contributed by atoms with Crippen LogP contribution in [0.2, 0.25) is 0 Å². The van der Waals surface area contributed by atoms with E-state index in [0.717, 1.165) is 43.0 Å². The highest BCUT2D eigenvalue weighted by Crippen LogP contribution is 2.32. The summed E-state index contributed by atoms with van der Waals surface area (Å²) in [7, 11) is 2.17. The second-order valence-corrected chi connectivity index (χ2v) is 5.95. The quantitative estimate of drug-likeness (QED) is 0.844. The molecule has 0 atom stereocenters. The van der Waals surface area contributed by atoms with E-state index in [1.54, 1.807) is 6.20 Å². The first-order valence-electron chi connectivity index (χ1n) is 8.28. The third-order valence-electron chi connectivity index (χ3n) is 4.63. The van der Waals surface area contributed by atoms with Crippen molar-refractivity contribution >= 4 is 5.82 Å². The SMILES string of the molecule is CCC(CC)N(C)c1nc(-c2ccccn2)nc2c1CCC2. The molecule has 0 unspecified atom stereocenters. The third kappa shape index (κ3) is 2.70. The lowest BCUT2D eigenvalue weighted by molar-refractivity contribution is 0.584. The fourth-order valence-electron chi connectivity index (χ4n) is 3.32. The number of pyridine rings is 1. The lowest BCUT2D eigenvalue weighted by Gasteiger charge is -2.29. The Morgan fingerprint density at radius 3 is 2.64 bits per heavy atom. The normalized spacial score (nSPS) is 13.5. The standard InChI is InChI=1S/C18H24N4/c1-4-13(5-2)22(3)18-14-9-8-11-15(14)20-17(21-18)16-10-6-7-12-19-16/h6-7,10,12-13H,4-5,8-9,11H2,1-3H3. The van der Waals surface area contributed by atoms with Crippen molar-refractivity contribution in [1.82, 2.24) is 15.0 Å². The number of aromatic nitrogens is 3. The van der Waals surface area contributed by atoms with E-state index < -0.39 is 0 Å². The van der Waals surface area contributed by atoms with Crippen LogP contribution in [0.1, 0.15) is 44.4 Å². The molecule has 0 N–H and O–H groups in total. The van der Waals surface area contributed by atoms with Crippen molar-refractivity contribution in [2.75, 3.05) is 11.9 Å². The summed E-state index contributed by atoms with van der Waals surface area (Å²) < 4.78 is 0. The number of rotatable bonds is 5. The maximum absolute atomic E-state index is 4.88. The van der Waals surface area contributed by atoms with Crippen LogP contribution in [0.15, 0.2) is 24.4 Å². The maximum Gasteiger partial charge on any atom is 0.180 e. The van der Waals surface area contributed by atoms with Crippen LogP contribution < -0.4 is 4.90 Å². The summed E-state index contributed by atoms with van der Waals surface area (Å²) in [5.74, 6) is 1.87. The Morgan fingerprint density at radius 1 is 1.14 bits per heavy atom. The van der Waals surface area contributed by atoms with Gasteiger partial charge in [0.2, 0.25) is 0 Å². The smallest absolute Gasteiger partial charge is 0.180 e. The average molecular weight is 296 g/mol. The fraction of sp³-hybridized carbons (Fsp3) is 0.500. The molecule has 4 nitrogen and oxygen atoms in total. The first-order valence-corrected chi connectivity index (χ1v) is 8.28. The van der Waals surface area contributed by atoms with Gasteiger partial charge in [0.25, 0.3) is 0 Å². The fourth-order valence-corrected chi connectivity index (χ4v) is 3.32. The molecule has 2 aromatic rings. The highest BCUT2D eigenvalue weighted by atomic mass is 15.2. The molecule has 2 aromatic heterocycles. The van der Waals surface area contributed by atoms with Gasteiger partial charge in [0.05, 0.1) is 0 Å². The van der Waals surface area contributed by atoms with Gasteiger partial charge in [-0.15, -0.1) is 0 Å². The number of aryl methyl sites for hydroxylation is 1. The van der Waals surface area contributed by atoms with E-state index in [2.05, 4.69) is 30.8 Å². The second-order valence-electron chi connectivity index (χ2n) is 5.95. The summed E-state index contributed by atoms with van der Waals surface area (Å²) in [6.07, 6.45) is 7.39. The Labute approximate surface area is 132 Å². The molecule has 0 bridgehead atoms. The number of nitrogens with zero attached hydrogens (tertiary/aromatic N) is 4.